The lowest BCUT2D eigenvalue weighted by molar-refractivity contribution is 0.290. The highest BCUT2D eigenvalue weighted by atomic mass is 19.1. The molecule has 3 aromatic carbocycles. The molecule has 5 heteroatoms. The SMILES string of the molecule is CCOc1cc(F)c(COc2ccc3cc(F)ccc3c2)c(F)c1. The molecule has 3 aromatic rings. The second-order valence-corrected chi connectivity index (χ2v) is 5.24. The van der Waals surface area contributed by atoms with Crippen LogP contribution in [0.15, 0.2) is 48.5 Å². The van der Waals surface area contributed by atoms with Gasteiger partial charge in [0.2, 0.25) is 0 Å². The van der Waals surface area contributed by atoms with Crippen molar-refractivity contribution < 1.29 is 22.6 Å². The Bertz CT molecular complexity index is 855. The van der Waals surface area contributed by atoms with E-state index in [9.17, 15) is 13.2 Å². The summed E-state index contributed by atoms with van der Waals surface area (Å²) in [4.78, 5) is 0. The van der Waals surface area contributed by atoms with Crippen LogP contribution in [0.5, 0.6) is 11.5 Å². The third-order valence-electron chi connectivity index (χ3n) is 3.58. The summed E-state index contributed by atoms with van der Waals surface area (Å²) in [5.74, 6) is -1.18. The monoisotopic (exact) mass is 332 g/mol. The maximum Gasteiger partial charge on any atom is 0.136 e. The lowest BCUT2D eigenvalue weighted by Gasteiger charge is -2.11. The molecule has 0 atom stereocenters. The van der Waals surface area contributed by atoms with Crippen molar-refractivity contribution >= 4 is 10.8 Å². The number of halogens is 3. The molecule has 0 amide bonds. The Kier molecular flexibility index (Phi) is 4.60. The maximum atomic E-state index is 14.0. The number of hydrogen-bond donors (Lipinski definition) is 0. The van der Waals surface area contributed by atoms with E-state index in [2.05, 4.69) is 0 Å². The smallest absolute Gasteiger partial charge is 0.136 e. The van der Waals surface area contributed by atoms with E-state index in [-0.39, 0.29) is 23.7 Å². The van der Waals surface area contributed by atoms with Gasteiger partial charge in [-0.1, -0.05) is 12.1 Å². The third kappa shape index (κ3) is 3.45. The highest BCUT2D eigenvalue weighted by molar-refractivity contribution is 5.83. The largest absolute Gasteiger partial charge is 0.494 e. The standard InChI is InChI=1S/C19H15F3O2/c1-2-23-16-9-18(21)17(19(22)10-16)11-24-15-6-4-12-7-14(20)5-3-13(12)8-15/h3-10H,2,11H2,1H3. The highest BCUT2D eigenvalue weighted by Gasteiger charge is 2.13. The Morgan fingerprint density at radius 3 is 2.12 bits per heavy atom. The third-order valence-corrected chi connectivity index (χ3v) is 3.58. The molecule has 3 rings (SSSR count). The molecule has 0 saturated heterocycles. The van der Waals surface area contributed by atoms with Crippen LogP contribution in [-0.2, 0) is 6.61 Å². The van der Waals surface area contributed by atoms with Gasteiger partial charge in [0.05, 0.1) is 12.2 Å². The van der Waals surface area contributed by atoms with Gasteiger partial charge in [-0.05, 0) is 42.0 Å². The molecule has 0 unspecified atom stereocenters. The van der Waals surface area contributed by atoms with Crippen LogP contribution in [0.25, 0.3) is 10.8 Å². The van der Waals surface area contributed by atoms with Gasteiger partial charge in [-0.25, -0.2) is 13.2 Å². The van der Waals surface area contributed by atoms with E-state index in [0.717, 1.165) is 22.9 Å². The van der Waals surface area contributed by atoms with Crippen molar-refractivity contribution in [1.82, 2.24) is 0 Å². The van der Waals surface area contributed by atoms with Crippen LogP contribution in [0.1, 0.15) is 12.5 Å². The molecule has 0 bridgehead atoms. The van der Waals surface area contributed by atoms with Gasteiger partial charge in [0, 0.05) is 12.1 Å². The Hall–Kier alpha value is -2.69. The topological polar surface area (TPSA) is 18.5 Å². The van der Waals surface area contributed by atoms with Gasteiger partial charge in [-0.2, -0.15) is 0 Å². The van der Waals surface area contributed by atoms with Crippen LogP contribution in [0.2, 0.25) is 0 Å². The van der Waals surface area contributed by atoms with Gasteiger partial charge in [-0.15, -0.1) is 0 Å². The second-order valence-electron chi connectivity index (χ2n) is 5.24. The van der Waals surface area contributed by atoms with E-state index in [1.165, 1.54) is 12.1 Å². The van der Waals surface area contributed by atoms with Crippen LogP contribution >= 0.6 is 0 Å². The second kappa shape index (κ2) is 6.83. The summed E-state index contributed by atoms with van der Waals surface area (Å²) in [7, 11) is 0. The van der Waals surface area contributed by atoms with E-state index < -0.39 is 11.6 Å². The first-order valence-corrected chi connectivity index (χ1v) is 7.49. The predicted octanol–water partition coefficient (Wildman–Crippen LogP) is 5.23. The van der Waals surface area contributed by atoms with E-state index in [1.807, 2.05) is 0 Å². The van der Waals surface area contributed by atoms with Gasteiger partial charge < -0.3 is 9.47 Å². The summed E-state index contributed by atoms with van der Waals surface area (Å²) >= 11 is 0. The van der Waals surface area contributed by atoms with Crippen LogP contribution in [-0.4, -0.2) is 6.61 Å². The fraction of sp³-hybridized carbons (Fsp3) is 0.158. The normalized spacial score (nSPS) is 10.8. The Labute approximate surface area is 137 Å². The summed E-state index contributed by atoms with van der Waals surface area (Å²) < 4.78 is 51.7. The molecule has 0 saturated carbocycles. The zero-order valence-electron chi connectivity index (χ0n) is 13.0. The first-order chi connectivity index (χ1) is 11.6. The van der Waals surface area contributed by atoms with Crippen molar-refractivity contribution in [1.29, 1.82) is 0 Å². The molecule has 24 heavy (non-hydrogen) atoms. The first kappa shape index (κ1) is 16.2. The van der Waals surface area contributed by atoms with Crippen molar-refractivity contribution in [2.45, 2.75) is 13.5 Å². The van der Waals surface area contributed by atoms with E-state index in [4.69, 9.17) is 9.47 Å². The summed E-state index contributed by atoms with van der Waals surface area (Å²) in [6.45, 7) is 1.81. The van der Waals surface area contributed by atoms with Crippen LogP contribution in [0.4, 0.5) is 13.2 Å². The molecule has 0 N–H and O–H groups in total. The predicted molar refractivity (Wildman–Crippen MR) is 85.8 cm³/mol. The van der Waals surface area contributed by atoms with Crippen molar-refractivity contribution in [3.63, 3.8) is 0 Å². The summed E-state index contributed by atoms with van der Waals surface area (Å²) in [6.07, 6.45) is 0. The average molecular weight is 332 g/mol. The maximum absolute atomic E-state index is 14.0. The average Bonchev–Trinajstić information content (AvgIpc) is 2.54. The van der Waals surface area contributed by atoms with E-state index in [1.54, 1.807) is 31.2 Å². The van der Waals surface area contributed by atoms with Crippen molar-refractivity contribution in [2.75, 3.05) is 6.61 Å². The lowest BCUT2D eigenvalue weighted by Crippen LogP contribution is -2.03. The van der Waals surface area contributed by atoms with Gasteiger partial charge in [0.15, 0.2) is 0 Å². The van der Waals surface area contributed by atoms with E-state index in [0.29, 0.717) is 12.4 Å². The zero-order valence-corrected chi connectivity index (χ0v) is 13.0. The number of benzene rings is 3. The summed E-state index contributed by atoms with van der Waals surface area (Å²) in [5, 5.41) is 1.50. The molecule has 0 aliphatic rings. The minimum Gasteiger partial charge on any atom is -0.494 e. The zero-order chi connectivity index (χ0) is 17.1. The van der Waals surface area contributed by atoms with Crippen molar-refractivity contribution in [3.8, 4) is 11.5 Å². The van der Waals surface area contributed by atoms with Gasteiger partial charge in [-0.3, -0.25) is 0 Å². The van der Waals surface area contributed by atoms with Crippen molar-refractivity contribution in [2.24, 2.45) is 0 Å². The molecular weight excluding hydrogens is 317 g/mol. The molecule has 124 valence electrons. The molecular formula is C19H15F3O2. The summed E-state index contributed by atoms with van der Waals surface area (Å²) in [5.41, 5.74) is -0.169. The van der Waals surface area contributed by atoms with Crippen LogP contribution in [0, 0.1) is 17.5 Å². The lowest BCUT2D eigenvalue weighted by atomic mass is 10.1. The number of rotatable bonds is 5. The van der Waals surface area contributed by atoms with E-state index >= 15 is 0 Å². The minimum absolute atomic E-state index is 0.143. The van der Waals surface area contributed by atoms with Gasteiger partial charge in [0.1, 0.15) is 35.6 Å². The molecule has 0 spiro atoms. The first-order valence-electron chi connectivity index (χ1n) is 7.49. The highest BCUT2D eigenvalue weighted by Crippen LogP contribution is 2.25. The Balaban J connectivity index is 1.79. The fourth-order valence-corrected chi connectivity index (χ4v) is 2.41. The number of hydrogen-bond acceptors (Lipinski definition) is 2. The molecule has 0 fully saturated rings. The molecule has 0 aromatic heterocycles. The quantitative estimate of drug-likeness (QED) is 0.636. The number of ether oxygens (including phenoxy) is 2. The minimum atomic E-state index is -0.721. The van der Waals surface area contributed by atoms with Gasteiger partial charge in [0.25, 0.3) is 0 Å². The fourth-order valence-electron chi connectivity index (χ4n) is 2.41. The Morgan fingerprint density at radius 1 is 0.750 bits per heavy atom. The molecule has 0 aliphatic heterocycles. The van der Waals surface area contributed by atoms with Crippen LogP contribution in [0.3, 0.4) is 0 Å². The van der Waals surface area contributed by atoms with Crippen LogP contribution < -0.4 is 9.47 Å². The Morgan fingerprint density at radius 2 is 1.42 bits per heavy atom. The molecule has 0 aliphatic carbocycles. The van der Waals surface area contributed by atoms with Crippen molar-refractivity contribution in [3.05, 3.63) is 71.5 Å². The molecule has 2 nitrogen and oxygen atoms in total. The molecule has 0 radical (unpaired) electrons. The molecule has 0 heterocycles. The summed E-state index contributed by atoms with van der Waals surface area (Å²) in [6, 6.07) is 11.7. The number of fused-ring (bicyclic) bond motifs is 1. The van der Waals surface area contributed by atoms with Gasteiger partial charge >= 0.3 is 0 Å².